The molecule has 2 aromatic rings. The molecule has 0 saturated carbocycles. The normalized spacial score (nSPS) is 11.4. The zero-order chi connectivity index (χ0) is 14.7. The number of carbonyl (C=O) groups is 1. The third-order valence-corrected chi connectivity index (χ3v) is 2.73. The van der Waals surface area contributed by atoms with Crippen molar-refractivity contribution in [2.75, 3.05) is 5.32 Å². The number of aryl methyl sites for hydroxylation is 2. The summed E-state index contributed by atoms with van der Waals surface area (Å²) in [5.41, 5.74) is 7.09. The van der Waals surface area contributed by atoms with Crippen molar-refractivity contribution < 1.29 is 10.0 Å². The molecule has 20 heavy (non-hydrogen) atoms. The SMILES string of the molecule is Cc1ccc(C(=O)Nc2c(C(N)=NO)cnn2C)cn1. The van der Waals surface area contributed by atoms with Gasteiger partial charge in [0, 0.05) is 18.9 Å². The van der Waals surface area contributed by atoms with E-state index in [2.05, 4.69) is 20.6 Å². The standard InChI is InChI=1S/C12H14N6O2/c1-7-3-4-8(5-14-7)12(19)16-11-9(10(13)17-20)6-15-18(11)2/h3-6,20H,1-2H3,(H2,13,17)(H,16,19). The molecule has 0 fully saturated rings. The predicted octanol–water partition coefficient (Wildman–Crippen LogP) is 0.470. The molecule has 0 spiro atoms. The molecule has 8 heteroatoms. The fraction of sp³-hybridized carbons (Fsp3) is 0.167. The number of pyridine rings is 1. The van der Waals surface area contributed by atoms with E-state index in [9.17, 15) is 4.79 Å². The molecule has 0 radical (unpaired) electrons. The highest BCUT2D eigenvalue weighted by molar-refractivity contribution is 6.08. The lowest BCUT2D eigenvalue weighted by Crippen LogP contribution is -2.20. The zero-order valence-electron chi connectivity index (χ0n) is 11.0. The van der Waals surface area contributed by atoms with Gasteiger partial charge in [-0.1, -0.05) is 5.16 Å². The highest BCUT2D eigenvalue weighted by Crippen LogP contribution is 2.15. The summed E-state index contributed by atoms with van der Waals surface area (Å²) in [7, 11) is 1.64. The van der Waals surface area contributed by atoms with Crippen molar-refractivity contribution in [3.63, 3.8) is 0 Å². The van der Waals surface area contributed by atoms with E-state index in [1.807, 2.05) is 6.92 Å². The summed E-state index contributed by atoms with van der Waals surface area (Å²) in [6.45, 7) is 1.83. The molecular formula is C12H14N6O2. The summed E-state index contributed by atoms with van der Waals surface area (Å²) in [6.07, 6.45) is 2.88. The molecule has 2 rings (SSSR count). The molecule has 0 aliphatic carbocycles. The second-order valence-corrected chi connectivity index (χ2v) is 4.16. The van der Waals surface area contributed by atoms with E-state index in [0.717, 1.165) is 5.69 Å². The Kier molecular flexibility index (Phi) is 3.65. The molecule has 2 heterocycles. The van der Waals surface area contributed by atoms with E-state index in [1.54, 1.807) is 19.2 Å². The second-order valence-electron chi connectivity index (χ2n) is 4.16. The van der Waals surface area contributed by atoms with Crippen molar-refractivity contribution in [2.24, 2.45) is 17.9 Å². The second kappa shape index (κ2) is 5.39. The number of hydrogen-bond donors (Lipinski definition) is 3. The predicted molar refractivity (Wildman–Crippen MR) is 72.6 cm³/mol. The molecule has 2 aromatic heterocycles. The third-order valence-electron chi connectivity index (χ3n) is 2.73. The average Bonchev–Trinajstić information content (AvgIpc) is 2.80. The van der Waals surface area contributed by atoms with Crippen molar-refractivity contribution >= 4 is 17.6 Å². The fourth-order valence-electron chi connectivity index (χ4n) is 1.61. The lowest BCUT2D eigenvalue weighted by molar-refractivity contribution is 0.102. The van der Waals surface area contributed by atoms with Gasteiger partial charge in [-0.2, -0.15) is 5.10 Å². The van der Waals surface area contributed by atoms with E-state index in [4.69, 9.17) is 10.9 Å². The minimum Gasteiger partial charge on any atom is -0.409 e. The number of amidine groups is 1. The maximum atomic E-state index is 12.1. The van der Waals surface area contributed by atoms with Gasteiger partial charge < -0.3 is 16.3 Å². The van der Waals surface area contributed by atoms with Gasteiger partial charge in [-0.05, 0) is 19.1 Å². The van der Waals surface area contributed by atoms with Crippen LogP contribution in [-0.4, -0.2) is 31.7 Å². The molecule has 0 saturated heterocycles. The molecule has 0 atom stereocenters. The Bertz CT molecular complexity index is 659. The highest BCUT2D eigenvalue weighted by atomic mass is 16.4. The number of nitrogens with two attached hydrogens (primary N) is 1. The molecule has 1 amide bonds. The number of hydrogen-bond acceptors (Lipinski definition) is 5. The third kappa shape index (κ3) is 2.58. The number of anilines is 1. The van der Waals surface area contributed by atoms with Crippen molar-refractivity contribution in [1.29, 1.82) is 0 Å². The summed E-state index contributed by atoms with van der Waals surface area (Å²) < 4.78 is 1.42. The van der Waals surface area contributed by atoms with Gasteiger partial charge in [-0.3, -0.25) is 14.5 Å². The molecule has 8 nitrogen and oxygen atoms in total. The summed E-state index contributed by atoms with van der Waals surface area (Å²) in [4.78, 5) is 16.2. The highest BCUT2D eigenvalue weighted by Gasteiger charge is 2.16. The molecule has 4 N–H and O–H groups in total. The van der Waals surface area contributed by atoms with Crippen LogP contribution < -0.4 is 11.1 Å². The summed E-state index contributed by atoms with van der Waals surface area (Å²) >= 11 is 0. The van der Waals surface area contributed by atoms with Crippen molar-refractivity contribution in [2.45, 2.75) is 6.92 Å². The lowest BCUT2D eigenvalue weighted by atomic mass is 10.2. The van der Waals surface area contributed by atoms with Gasteiger partial charge in [0.25, 0.3) is 5.91 Å². The van der Waals surface area contributed by atoms with Crippen LogP contribution in [-0.2, 0) is 7.05 Å². The number of oxime groups is 1. The minimum absolute atomic E-state index is 0.129. The van der Waals surface area contributed by atoms with Gasteiger partial charge in [0.1, 0.15) is 5.82 Å². The van der Waals surface area contributed by atoms with E-state index < -0.39 is 0 Å². The van der Waals surface area contributed by atoms with E-state index in [0.29, 0.717) is 16.9 Å². The van der Waals surface area contributed by atoms with E-state index in [1.165, 1.54) is 17.1 Å². The monoisotopic (exact) mass is 274 g/mol. The van der Waals surface area contributed by atoms with Gasteiger partial charge in [-0.25, -0.2) is 0 Å². The number of carbonyl (C=O) groups excluding carboxylic acids is 1. The molecule has 0 bridgehead atoms. The quantitative estimate of drug-likeness (QED) is 0.325. The first-order valence-electron chi connectivity index (χ1n) is 5.77. The lowest BCUT2D eigenvalue weighted by Gasteiger charge is -2.07. The first-order valence-corrected chi connectivity index (χ1v) is 5.77. The summed E-state index contributed by atoms with van der Waals surface area (Å²) in [6, 6.07) is 3.40. The van der Waals surface area contributed by atoms with Crippen LogP contribution in [0.3, 0.4) is 0 Å². The molecular weight excluding hydrogens is 260 g/mol. The number of nitrogens with one attached hydrogen (secondary N) is 1. The van der Waals surface area contributed by atoms with Crippen LogP contribution in [0.25, 0.3) is 0 Å². The van der Waals surface area contributed by atoms with Crippen LogP contribution in [0, 0.1) is 6.92 Å². The van der Waals surface area contributed by atoms with Crippen LogP contribution in [0.15, 0.2) is 29.7 Å². The van der Waals surface area contributed by atoms with Gasteiger partial charge >= 0.3 is 0 Å². The average molecular weight is 274 g/mol. The first kappa shape index (κ1) is 13.5. The smallest absolute Gasteiger partial charge is 0.258 e. The Morgan fingerprint density at radius 3 is 2.80 bits per heavy atom. The minimum atomic E-state index is -0.354. The maximum absolute atomic E-state index is 12.1. The Morgan fingerprint density at radius 2 is 2.20 bits per heavy atom. The first-order chi connectivity index (χ1) is 9.52. The van der Waals surface area contributed by atoms with Crippen molar-refractivity contribution in [3.05, 3.63) is 41.3 Å². The van der Waals surface area contributed by atoms with Crippen LogP contribution in [0.5, 0.6) is 0 Å². The number of nitrogens with zero attached hydrogens (tertiary/aromatic N) is 4. The molecule has 104 valence electrons. The van der Waals surface area contributed by atoms with Gasteiger partial charge in [0.15, 0.2) is 5.84 Å². The van der Waals surface area contributed by atoms with Gasteiger partial charge in [0.2, 0.25) is 0 Å². The zero-order valence-corrected chi connectivity index (χ0v) is 11.0. The number of rotatable bonds is 3. The summed E-state index contributed by atoms with van der Waals surface area (Å²) in [5, 5.41) is 18.2. The Morgan fingerprint density at radius 1 is 1.45 bits per heavy atom. The van der Waals surface area contributed by atoms with E-state index >= 15 is 0 Å². The van der Waals surface area contributed by atoms with Gasteiger partial charge in [0.05, 0.1) is 17.3 Å². The fourth-order valence-corrected chi connectivity index (χ4v) is 1.61. The van der Waals surface area contributed by atoms with Crippen molar-refractivity contribution in [1.82, 2.24) is 14.8 Å². The largest absolute Gasteiger partial charge is 0.409 e. The number of aromatic nitrogens is 3. The van der Waals surface area contributed by atoms with Crippen LogP contribution in [0.2, 0.25) is 0 Å². The van der Waals surface area contributed by atoms with E-state index in [-0.39, 0.29) is 11.7 Å². The Balaban J connectivity index is 2.28. The topological polar surface area (TPSA) is 118 Å². The van der Waals surface area contributed by atoms with Crippen LogP contribution in [0.4, 0.5) is 5.82 Å². The maximum Gasteiger partial charge on any atom is 0.258 e. The molecule has 0 aliphatic heterocycles. The molecule has 0 unspecified atom stereocenters. The molecule has 0 aromatic carbocycles. The van der Waals surface area contributed by atoms with Crippen LogP contribution >= 0.6 is 0 Å². The van der Waals surface area contributed by atoms with Crippen LogP contribution in [0.1, 0.15) is 21.6 Å². The summed E-state index contributed by atoms with van der Waals surface area (Å²) in [5.74, 6) is -0.144. The Labute approximate surface area is 114 Å². The number of amides is 1. The molecule has 0 aliphatic rings. The van der Waals surface area contributed by atoms with Crippen molar-refractivity contribution in [3.8, 4) is 0 Å². The van der Waals surface area contributed by atoms with Gasteiger partial charge in [-0.15, -0.1) is 0 Å². The Hall–Kier alpha value is -2.90.